The molecule has 1 atom stereocenters. The van der Waals surface area contributed by atoms with Gasteiger partial charge in [0.1, 0.15) is 23.5 Å². The minimum atomic E-state index is -0.693. The molecule has 2 rings (SSSR count). The fourth-order valence-electron chi connectivity index (χ4n) is 1.34. The van der Waals surface area contributed by atoms with Crippen LogP contribution in [0.5, 0.6) is 0 Å². The predicted octanol–water partition coefficient (Wildman–Crippen LogP) is 1.23. The lowest BCUT2D eigenvalue weighted by Crippen LogP contribution is -2.28. The SMILES string of the molecule is CC1N=C(c2cc(F)cc(F)c2)NC1=O. The molecule has 0 spiro atoms. The summed E-state index contributed by atoms with van der Waals surface area (Å²) in [4.78, 5) is 15.1. The van der Waals surface area contributed by atoms with Crippen LogP contribution in [0.1, 0.15) is 12.5 Å². The Labute approximate surface area is 84.8 Å². The molecule has 1 aliphatic rings. The van der Waals surface area contributed by atoms with Crippen LogP contribution >= 0.6 is 0 Å². The fraction of sp³-hybridized carbons (Fsp3) is 0.200. The van der Waals surface area contributed by atoms with E-state index in [1.165, 1.54) is 0 Å². The van der Waals surface area contributed by atoms with Gasteiger partial charge in [-0.3, -0.25) is 9.79 Å². The maximum Gasteiger partial charge on any atom is 0.250 e. The minimum Gasteiger partial charge on any atom is -0.309 e. The summed E-state index contributed by atoms with van der Waals surface area (Å²) >= 11 is 0. The van der Waals surface area contributed by atoms with Gasteiger partial charge < -0.3 is 5.32 Å². The molecule has 3 nitrogen and oxygen atoms in total. The summed E-state index contributed by atoms with van der Waals surface area (Å²) in [5, 5.41) is 2.45. The number of nitrogens with one attached hydrogen (secondary N) is 1. The van der Waals surface area contributed by atoms with Crippen molar-refractivity contribution in [2.75, 3.05) is 0 Å². The predicted molar refractivity (Wildman–Crippen MR) is 50.5 cm³/mol. The molecular formula is C10H8F2N2O. The Morgan fingerprint density at radius 3 is 2.33 bits per heavy atom. The van der Waals surface area contributed by atoms with E-state index in [2.05, 4.69) is 10.3 Å². The summed E-state index contributed by atoms with van der Waals surface area (Å²) in [6, 6.07) is 2.51. The lowest BCUT2D eigenvalue weighted by atomic mass is 10.2. The van der Waals surface area contributed by atoms with Gasteiger partial charge in [0.05, 0.1) is 0 Å². The normalized spacial score (nSPS) is 20.1. The van der Waals surface area contributed by atoms with Crippen molar-refractivity contribution in [1.82, 2.24) is 5.32 Å². The highest BCUT2D eigenvalue weighted by molar-refractivity contribution is 6.13. The number of carbonyl (C=O) groups is 1. The molecule has 1 heterocycles. The molecule has 1 N–H and O–H groups in total. The van der Waals surface area contributed by atoms with Crippen molar-refractivity contribution in [2.45, 2.75) is 13.0 Å². The van der Waals surface area contributed by atoms with Gasteiger partial charge >= 0.3 is 0 Å². The van der Waals surface area contributed by atoms with Gasteiger partial charge in [0.2, 0.25) is 5.91 Å². The Bertz CT molecular complexity index is 436. The summed E-state index contributed by atoms with van der Waals surface area (Å²) in [7, 11) is 0. The first-order chi connectivity index (χ1) is 7.06. The van der Waals surface area contributed by atoms with E-state index in [9.17, 15) is 13.6 Å². The molecule has 5 heteroatoms. The van der Waals surface area contributed by atoms with Crippen LogP contribution in [0.4, 0.5) is 8.78 Å². The number of carbonyl (C=O) groups excluding carboxylic acids is 1. The molecule has 15 heavy (non-hydrogen) atoms. The zero-order valence-corrected chi connectivity index (χ0v) is 7.92. The summed E-state index contributed by atoms with van der Waals surface area (Å²) in [5.41, 5.74) is 0.241. The van der Waals surface area contributed by atoms with Crippen LogP contribution in [0.2, 0.25) is 0 Å². The first kappa shape index (κ1) is 9.76. The summed E-state index contributed by atoms with van der Waals surface area (Å²) in [6.45, 7) is 1.61. The number of amides is 1. The van der Waals surface area contributed by atoms with Crippen LogP contribution < -0.4 is 5.32 Å². The van der Waals surface area contributed by atoms with Crippen molar-refractivity contribution in [3.63, 3.8) is 0 Å². The van der Waals surface area contributed by atoms with E-state index in [1.807, 2.05) is 0 Å². The summed E-state index contributed by atoms with van der Waals surface area (Å²) in [6.07, 6.45) is 0. The van der Waals surface area contributed by atoms with Crippen LogP contribution in [-0.4, -0.2) is 17.8 Å². The molecule has 1 aromatic rings. The second-order valence-electron chi connectivity index (χ2n) is 3.30. The van der Waals surface area contributed by atoms with E-state index < -0.39 is 17.7 Å². The van der Waals surface area contributed by atoms with Crippen molar-refractivity contribution in [2.24, 2.45) is 4.99 Å². The van der Waals surface area contributed by atoms with Gasteiger partial charge in [-0.05, 0) is 19.1 Å². The highest BCUT2D eigenvalue weighted by atomic mass is 19.1. The maximum absolute atomic E-state index is 12.9. The third kappa shape index (κ3) is 1.86. The molecule has 0 bridgehead atoms. The van der Waals surface area contributed by atoms with E-state index in [0.29, 0.717) is 0 Å². The maximum atomic E-state index is 12.9. The standard InChI is InChI=1S/C10H8F2N2O/c1-5-10(15)14-9(13-5)6-2-7(11)4-8(12)3-6/h2-5H,1H3,(H,13,14,15). The minimum absolute atomic E-state index is 0.214. The van der Waals surface area contributed by atoms with Gasteiger partial charge in [0, 0.05) is 11.6 Å². The molecule has 0 aliphatic carbocycles. The summed E-state index contributed by atoms with van der Waals surface area (Å²) in [5.74, 6) is -1.44. The van der Waals surface area contributed by atoms with Crippen LogP contribution in [0.3, 0.4) is 0 Å². The number of amidine groups is 1. The molecule has 0 saturated heterocycles. The first-order valence-corrected chi connectivity index (χ1v) is 4.41. The lowest BCUT2D eigenvalue weighted by Gasteiger charge is -2.01. The van der Waals surface area contributed by atoms with E-state index >= 15 is 0 Å². The highest BCUT2D eigenvalue weighted by Gasteiger charge is 2.23. The van der Waals surface area contributed by atoms with Crippen molar-refractivity contribution < 1.29 is 13.6 Å². The highest BCUT2D eigenvalue weighted by Crippen LogP contribution is 2.11. The van der Waals surface area contributed by atoms with E-state index in [-0.39, 0.29) is 17.3 Å². The van der Waals surface area contributed by atoms with Gasteiger partial charge in [-0.2, -0.15) is 0 Å². The molecular weight excluding hydrogens is 202 g/mol. The van der Waals surface area contributed by atoms with Crippen molar-refractivity contribution in [1.29, 1.82) is 0 Å². The van der Waals surface area contributed by atoms with E-state index in [1.54, 1.807) is 6.92 Å². The Kier molecular flexibility index (Phi) is 2.22. The second kappa shape index (κ2) is 3.42. The molecule has 1 amide bonds. The largest absolute Gasteiger partial charge is 0.309 e. The number of halogens is 2. The Balaban J connectivity index is 2.39. The van der Waals surface area contributed by atoms with E-state index in [4.69, 9.17) is 0 Å². The Hall–Kier alpha value is -1.78. The second-order valence-corrected chi connectivity index (χ2v) is 3.30. The van der Waals surface area contributed by atoms with Gasteiger partial charge in [-0.25, -0.2) is 8.78 Å². The van der Waals surface area contributed by atoms with Crippen molar-refractivity contribution in [3.8, 4) is 0 Å². The van der Waals surface area contributed by atoms with Gasteiger partial charge in [-0.1, -0.05) is 0 Å². The zero-order chi connectivity index (χ0) is 11.0. The molecule has 0 radical (unpaired) electrons. The van der Waals surface area contributed by atoms with Crippen molar-refractivity contribution in [3.05, 3.63) is 35.4 Å². The monoisotopic (exact) mass is 210 g/mol. The lowest BCUT2D eigenvalue weighted by molar-refractivity contribution is -0.119. The van der Waals surface area contributed by atoms with Gasteiger partial charge in [0.15, 0.2) is 0 Å². The van der Waals surface area contributed by atoms with Crippen LogP contribution in [-0.2, 0) is 4.79 Å². The number of hydrogen-bond donors (Lipinski definition) is 1. The molecule has 1 aromatic carbocycles. The molecule has 1 unspecified atom stereocenters. The quantitative estimate of drug-likeness (QED) is 0.744. The van der Waals surface area contributed by atoms with Crippen molar-refractivity contribution >= 4 is 11.7 Å². The Morgan fingerprint density at radius 2 is 1.87 bits per heavy atom. The number of aliphatic imine (C=N–C) groups is 1. The zero-order valence-electron chi connectivity index (χ0n) is 7.92. The molecule has 0 aromatic heterocycles. The molecule has 78 valence electrons. The van der Waals surface area contributed by atoms with Crippen LogP contribution in [0, 0.1) is 11.6 Å². The fourth-order valence-corrected chi connectivity index (χ4v) is 1.34. The molecule has 0 saturated carbocycles. The third-order valence-electron chi connectivity index (χ3n) is 2.08. The Morgan fingerprint density at radius 1 is 1.27 bits per heavy atom. The average molecular weight is 210 g/mol. The number of nitrogens with zero attached hydrogens (tertiary/aromatic N) is 1. The molecule has 0 fully saturated rings. The van der Waals surface area contributed by atoms with Crippen LogP contribution in [0.25, 0.3) is 0 Å². The number of hydrogen-bond acceptors (Lipinski definition) is 2. The third-order valence-corrected chi connectivity index (χ3v) is 2.08. The number of benzene rings is 1. The van der Waals surface area contributed by atoms with E-state index in [0.717, 1.165) is 18.2 Å². The summed E-state index contributed by atoms with van der Waals surface area (Å²) < 4.78 is 25.7. The van der Waals surface area contributed by atoms with Crippen LogP contribution in [0.15, 0.2) is 23.2 Å². The molecule has 1 aliphatic heterocycles. The van der Waals surface area contributed by atoms with Gasteiger partial charge in [0.25, 0.3) is 0 Å². The topological polar surface area (TPSA) is 41.5 Å². The smallest absolute Gasteiger partial charge is 0.250 e. The number of rotatable bonds is 1. The van der Waals surface area contributed by atoms with Gasteiger partial charge in [-0.15, -0.1) is 0 Å². The average Bonchev–Trinajstić information content (AvgIpc) is 2.45. The first-order valence-electron chi connectivity index (χ1n) is 4.41.